The molecule has 3 heterocycles. The fourth-order valence-corrected chi connectivity index (χ4v) is 6.04. The topological polar surface area (TPSA) is 38.3 Å². The summed E-state index contributed by atoms with van der Waals surface area (Å²) in [4.78, 5) is 14.7. The maximum absolute atomic E-state index is 5.65. The van der Waals surface area contributed by atoms with Gasteiger partial charge in [-0.1, -0.05) is 42.5 Å². The van der Waals surface area contributed by atoms with Gasteiger partial charge in [0.2, 0.25) is 0 Å². The van der Waals surface area contributed by atoms with Crippen LogP contribution in [0.1, 0.15) is 36.0 Å². The first kappa shape index (κ1) is 21.9. The Kier molecular flexibility index (Phi) is 6.32. The molecule has 1 aliphatic rings. The van der Waals surface area contributed by atoms with Gasteiger partial charge in [-0.3, -0.25) is 0 Å². The molecule has 170 valence electrons. The summed E-state index contributed by atoms with van der Waals surface area (Å²) < 4.78 is 5.65. The highest BCUT2D eigenvalue weighted by atomic mass is 32.1. The van der Waals surface area contributed by atoms with E-state index in [-0.39, 0.29) is 0 Å². The first-order chi connectivity index (χ1) is 16.1. The van der Waals surface area contributed by atoms with Crippen LogP contribution in [0.3, 0.4) is 0 Å². The second-order valence-corrected chi connectivity index (χ2v) is 10.1. The summed E-state index contributed by atoms with van der Waals surface area (Å²) >= 11 is 1.77. The lowest BCUT2D eigenvalue weighted by atomic mass is 9.90. The molecule has 2 aromatic heterocycles. The van der Waals surface area contributed by atoms with Gasteiger partial charge >= 0.3 is 0 Å². The zero-order valence-corrected chi connectivity index (χ0v) is 20.5. The maximum atomic E-state index is 5.65. The molecular formula is C28H31N3OS. The zero-order valence-electron chi connectivity index (χ0n) is 19.7. The Morgan fingerprint density at radius 2 is 1.70 bits per heavy atom. The smallest absolute Gasteiger partial charge is 0.141 e. The van der Waals surface area contributed by atoms with Gasteiger partial charge in [0.25, 0.3) is 0 Å². The monoisotopic (exact) mass is 457 g/mol. The number of aryl methyl sites for hydroxylation is 2. The van der Waals surface area contributed by atoms with E-state index in [0.29, 0.717) is 6.61 Å². The van der Waals surface area contributed by atoms with Crippen LogP contribution in [0.5, 0.6) is 5.75 Å². The van der Waals surface area contributed by atoms with E-state index < -0.39 is 0 Å². The fourth-order valence-electron chi connectivity index (χ4n) is 4.95. The molecule has 1 aliphatic heterocycles. The fraction of sp³-hybridized carbons (Fsp3) is 0.357. The third kappa shape index (κ3) is 4.60. The SMILES string of the molecule is CCOc1ccc(-c2c(C)sc3nc(C)nc(N4CCC(Cc5ccccc5)CC4)c23)cc1. The Balaban J connectivity index is 1.45. The van der Waals surface area contributed by atoms with Gasteiger partial charge < -0.3 is 9.64 Å². The van der Waals surface area contributed by atoms with Gasteiger partial charge in [0, 0.05) is 23.5 Å². The van der Waals surface area contributed by atoms with Crippen LogP contribution in [0.2, 0.25) is 0 Å². The summed E-state index contributed by atoms with van der Waals surface area (Å²) in [7, 11) is 0. The molecule has 5 heteroatoms. The summed E-state index contributed by atoms with van der Waals surface area (Å²) in [6, 6.07) is 19.3. The molecule has 2 aromatic carbocycles. The molecule has 0 radical (unpaired) electrons. The average molecular weight is 458 g/mol. The third-order valence-electron chi connectivity index (χ3n) is 6.56. The summed E-state index contributed by atoms with van der Waals surface area (Å²) in [6.07, 6.45) is 3.56. The van der Waals surface area contributed by atoms with E-state index in [1.54, 1.807) is 11.3 Å². The number of hydrogen-bond acceptors (Lipinski definition) is 5. The summed E-state index contributed by atoms with van der Waals surface area (Å²) in [5, 5.41) is 1.20. The summed E-state index contributed by atoms with van der Waals surface area (Å²) in [6.45, 7) is 8.98. The molecule has 1 fully saturated rings. The number of rotatable bonds is 6. The Labute approximate surface area is 200 Å². The number of benzene rings is 2. The first-order valence-corrected chi connectivity index (χ1v) is 12.7. The van der Waals surface area contributed by atoms with Crippen LogP contribution in [0.15, 0.2) is 54.6 Å². The highest BCUT2D eigenvalue weighted by Crippen LogP contribution is 2.43. The molecule has 4 aromatic rings. The van der Waals surface area contributed by atoms with E-state index in [2.05, 4.69) is 66.4 Å². The predicted octanol–water partition coefficient (Wildman–Crippen LogP) is 6.83. The second-order valence-electron chi connectivity index (χ2n) is 8.89. The molecule has 0 aliphatic carbocycles. The number of piperidine rings is 1. The Morgan fingerprint density at radius 1 is 0.970 bits per heavy atom. The Morgan fingerprint density at radius 3 is 2.39 bits per heavy atom. The van der Waals surface area contributed by atoms with Crippen LogP contribution in [0.25, 0.3) is 21.3 Å². The largest absolute Gasteiger partial charge is 0.494 e. The average Bonchev–Trinajstić information content (AvgIpc) is 3.16. The van der Waals surface area contributed by atoms with Gasteiger partial charge in [0.05, 0.1) is 12.0 Å². The van der Waals surface area contributed by atoms with Crippen molar-refractivity contribution < 1.29 is 4.74 Å². The van der Waals surface area contributed by atoms with Crippen LogP contribution in [-0.2, 0) is 6.42 Å². The first-order valence-electron chi connectivity index (χ1n) is 11.9. The van der Waals surface area contributed by atoms with E-state index in [1.807, 2.05) is 13.8 Å². The van der Waals surface area contributed by atoms with Crippen molar-refractivity contribution in [1.82, 2.24) is 9.97 Å². The van der Waals surface area contributed by atoms with Crippen LogP contribution >= 0.6 is 11.3 Å². The molecule has 5 rings (SSSR count). The van der Waals surface area contributed by atoms with Crippen molar-refractivity contribution in [2.24, 2.45) is 5.92 Å². The van der Waals surface area contributed by atoms with Gasteiger partial charge in [-0.05, 0) is 69.2 Å². The van der Waals surface area contributed by atoms with E-state index in [0.717, 1.165) is 41.2 Å². The van der Waals surface area contributed by atoms with Gasteiger partial charge in [0.1, 0.15) is 22.2 Å². The number of thiophene rings is 1. The molecule has 0 unspecified atom stereocenters. The number of hydrogen-bond donors (Lipinski definition) is 0. The number of aromatic nitrogens is 2. The van der Waals surface area contributed by atoms with Crippen molar-refractivity contribution in [1.29, 1.82) is 0 Å². The Bertz CT molecular complexity index is 1230. The van der Waals surface area contributed by atoms with Crippen LogP contribution in [0, 0.1) is 19.8 Å². The van der Waals surface area contributed by atoms with E-state index in [4.69, 9.17) is 14.7 Å². The second kappa shape index (κ2) is 9.52. The molecule has 0 amide bonds. The molecular weight excluding hydrogens is 426 g/mol. The lowest BCUT2D eigenvalue weighted by molar-refractivity contribution is 0.340. The highest BCUT2D eigenvalue weighted by Gasteiger charge is 2.25. The van der Waals surface area contributed by atoms with Gasteiger partial charge in [-0.25, -0.2) is 9.97 Å². The van der Waals surface area contributed by atoms with Crippen molar-refractivity contribution >= 4 is 27.4 Å². The van der Waals surface area contributed by atoms with Gasteiger partial charge in [-0.15, -0.1) is 11.3 Å². The molecule has 1 saturated heterocycles. The van der Waals surface area contributed by atoms with Crippen LogP contribution < -0.4 is 9.64 Å². The van der Waals surface area contributed by atoms with E-state index in [1.165, 1.54) is 46.2 Å². The van der Waals surface area contributed by atoms with Crippen molar-refractivity contribution in [3.63, 3.8) is 0 Å². The number of anilines is 1. The molecule has 0 atom stereocenters. The lowest BCUT2D eigenvalue weighted by Crippen LogP contribution is -2.35. The molecule has 0 saturated carbocycles. The highest BCUT2D eigenvalue weighted by molar-refractivity contribution is 7.19. The standard InChI is InChI=1S/C28H31N3OS/c1-4-32-24-12-10-23(11-13-24)25-19(2)33-28-26(25)27(29-20(3)30-28)31-16-14-22(15-17-31)18-21-8-6-5-7-9-21/h5-13,22H,4,14-18H2,1-3H3. The maximum Gasteiger partial charge on any atom is 0.141 e. The summed E-state index contributed by atoms with van der Waals surface area (Å²) in [5.74, 6) is 3.59. The van der Waals surface area contributed by atoms with E-state index in [9.17, 15) is 0 Å². The van der Waals surface area contributed by atoms with Crippen LogP contribution in [-0.4, -0.2) is 29.7 Å². The molecule has 0 spiro atoms. The van der Waals surface area contributed by atoms with Crippen molar-refractivity contribution in [3.05, 3.63) is 70.9 Å². The number of ether oxygens (including phenoxy) is 1. The molecule has 0 N–H and O–H groups in total. The van der Waals surface area contributed by atoms with Crippen molar-refractivity contribution in [2.75, 3.05) is 24.6 Å². The van der Waals surface area contributed by atoms with Gasteiger partial charge in [-0.2, -0.15) is 0 Å². The van der Waals surface area contributed by atoms with E-state index >= 15 is 0 Å². The minimum atomic E-state index is 0.678. The normalized spacial score (nSPS) is 14.7. The molecule has 0 bridgehead atoms. The summed E-state index contributed by atoms with van der Waals surface area (Å²) in [5.41, 5.74) is 3.91. The molecule has 33 heavy (non-hydrogen) atoms. The predicted molar refractivity (Wildman–Crippen MR) is 139 cm³/mol. The number of nitrogens with zero attached hydrogens (tertiary/aromatic N) is 3. The van der Waals surface area contributed by atoms with Crippen molar-refractivity contribution in [2.45, 2.75) is 40.0 Å². The van der Waals surface area contributed by atoms with Gasteiger partial charge in [0.15, 0.2) is 0 Å². The zero-order chi connectivity index (χ0) is 22.8. The Hall–Kier alpha value is -2.92. The lowest BCUT2D eigenvalue weighted by Gasteiger charge is -2.33. The minimum Gasteiger partial charge on any atom is -0.494 e. The third-order valence-corrected chi connectivity index (χ3v) is 7.55. The molecule has 4 nitrogen and oxygen atoms in total. The van der Waals surface area contributed by atoms with Crippen LogP contribution in [0.4, 0.5) is 5.82 Å². The number of fused-ring (bicyclic) bond motifs is 1. The minimum absolute atomic E-state index is 0.678. The van der Waals surface area contributed by atoms with Crippen molar-refractivity contribution in [3.8, 4) is 16.9 Å². The quantitative estimate of drug-likeness (QED) is 0.318.